The van der Waals surface area contributed by atoms with Crippen LogP contribution in [0.25, 0.3) is 0 Å². The van der Waals surface area contributed by atoms with Crippen molar-refractivity contribution in [3.63, 3.8) is 0 Å². The number of aliphatic hydroxyl groups is 1. The summed E-state index contributed by atoms with van der Waals surface area (Å²) in [5.41, 5.74) is 0. The Balaban J connectivity index is 1.98. The molecular formula is C10H21NO. The zero-order valence-corrected chi connectivity index (χ0v) is 8.05. The molecule has 1 fully saturated rings. The molecule has 1 rings (SSSR count). The van der Waals surface area contributed by atoms with Crippen LogP contribution in [0.2, 0.25) is 0 Å². The van der Waals surface area contributed by atoms with E-state index in [1.807, 2.05) is 6.92 Å². The molecule has 0 amide bonds. The monoisotopic (exact) mass is 171 g/mol. The van der Waals surface area contributed by atoms with Crippen LogP contribution in [0.15, 0.2) is 0 Å². The highest BCUT2D eigenvalue weighted by Crippen LogP contribution is 2.17. The Kier molecular flexibility index (Phi) is 4.62. The van der Waals surface area contributed by atoms with Gasteiger partial charge < -0.3 is 10.4 Å². The highest BCUT2D eigenvalue weighted by atomic mass is 16.3. The van der Waals surface area contributed by atoms with Gasteiger partial charge in [0, 0.05) is 6.04 Å². The molecule has 0 aromatic rings. The lowest BCUT2D eigenvalue weighted by molar-refractivity contribution is 0.180. The average molecular weight is 171 g/mol. The van der Waals surface area contributed by atoms with Crippen LogP contribution in [0.1, 0.15) is 45.4 Å². The highest BCUT2D eigenvalue weighted by Gasteiger charge is 2.11. The lowest BCUT2D eigenvalue weighted by Gasteiger charge is -2.23. The number of nitrogens with one attached hydrogen (secondary N) is 1. The molecule has 0 heterocycles. The van der Waals surface area contributed by atoms with Crippen molar-refractivity contribution in [1.82, 2.24) is 5.32 Å². The van der Waals surface area contributed by atoms with Gasteiger partial charge in [-0.25, -0.2) is 0 Å². The van der Waals surface area contributed by atoms with Crippen molar-refractivity contribution in [2.75, 3.05) is 6.54 Å². The first-order valence-electron chi connectivity index (χ1n) is 5.20. The molecule has 0 radical (unpaired) electrons. The third kappa shape index (κ3) is 4.07. The van der Waals surface area contributed by atoms with E-state index in [2.05, 4.69) is 5.32 Å². The Bertz CT molecular complexity index is 108. The minimum Gasteiger partial charge on any atom is -0.393 e. The molecule has 0 aromatic carbocycles. The summed E-state index contributed by atoms with van der Waals surface area (Å²) in [6.45, 7) is 2.82. The summed E-state index contributed by atoms with van der Waals surface area (Å²) < 4.78 is 0. The molecule has 1 unspecified atom stereocenters. The van der Waals surface area contributed by atoms with Gasteiger partial charge in [0.1, 0.15) is 0 Å². The van der Waals surface area contributed by atoms with E-state index in [1.165, 1.54) is 32.1 Å². The molecule has 0 aromatic heterocycles. The van der Waals surface area contributed by atoms with Gasteiger partial charge in [0.15, 0.2) is 0 Å². The lowest BCUT2D eigenvalue weighted by Crippen LogP contribution is -2.32. The van der Waals surface area contributed by atoms with Gasteiger partial charge >= 0.3 is 0 Å². The normalized spacial score (nSPS) is 22.5. The van der Waals surface area contributed by atoms with Gasteiger partial charge in [-0.1, -0.05) is 19.3 Å². The molecule has 1 atom stereocenters. The summed E-state index contributed by atoms with van der Waals surface area (Å²) in [6.07, 6.45) is 7.57. The third-order valence-corrected chi connectivity index (χ3v) is 2.60. The Morgan fingerprint density at radius 1 is 1.33 bits per heavy atom. The lowest BCUT2D eigenvalue weighted by atomic mass is 9.95. The summed E-state index contributed by atoms with van der Waals surface area (Å²) >= 11 is 0. The summed E-state index contributed by atoms with van der Waals surface area (Å²) in [4.78, 5) is 0. The third-order valence-electron chi connectivity index (χ3n) is 2.60. The molecule has 0 bridgehead atoms. The maximum Gasteiger partial charge on any atom is 0.0524 e. The van der Waals surface area contributed by atoms with Gasteiger partial charge in [0.2, 0.25) is 0 Å². The van der Waals surface area contributed by atoms with Crippen LogP contribution < -0.4 is 5.32 Å². The SMILES string of the molecule is CC(O)CCNC1CCCCC1. The zero-order valence-electron chi connectivity index (χ0n) is 8.05. The number of aliphatic hydroxyl groups excluding tert-OH is 1. The van der Waals surface area contributed by atoms with Crippen LogP contribution in [0.5, 0.6) is 0 Å². The molecule has 2 N–H and O–H groups in total. The van der Waals surface area contributed by atoms with E-state index < -0.39 is 0 Å². The maximum atomic E-state index is 9.04. The van der Waals surface area contributed by atoms with Crippen LogP contribution in [-0.4, -0.2) is 23.8 Å². The minimum absolute atomic E-state index is 0.152. The van der Waals surface area contributed by atoms with Crippen LogP contribution >= 0.6 is 0 Å². The zero-order chi connectivity index (χ0) is 8.81. The van der Waals surface area contributed by atoms with Crippen LogP contribution in [0.3, 0.4) is 0 Å². The molecule has 72 valence electrons. The first-order valence-corrected chi connectivity index (χ1v) is 5.20. The van der Waals surface area contributed by atoms with Crippen LogP contribution in [-0.2, 0) is 0 Å². The number of hydrogen-bond acceptors (Lipinski definition) is 2. The smallest absolute Gasteiger partial charge is 0.0524 e. The summed E-state index contributed by atoms with van der Waals surface area (Å²) in [5.74, 6) is 0. The largest absolute Gasteiger partial charge is 0.393 e. The Hall–Kier alpha value is -0.0800. The minimum atomic E-state index is -0.152. The Morgan fingerprint density at radius 2 is 2.00 bits per heavy atom. The second-order valence-corrected chi connectivity index (χ2v) is 3.93. The van der Waals surface area contributed by atoms with Gasteiger partial charge in [-0.05, 0) is 32.7 Å². The quantitative estimate of drug-likeness (QED) is 0.674. The Morgan fingerprint density at radius 3 is 2.58 bits per heavy atom. The van der Waals surface area contributed by atoms with E-state index >= 15 is 0 Å². The second kappa shape index (κ2) is 5.55. The molecule has 1 saturated carbocycles. The molecule has 0 saturated heterocycles. The van der Waals surface area contributed by atoms with Crippen LogP contribution in [0, 0.1) is 0 Å². The summed E-state index contributed by atoms with van der Waals surface area (Å²) in [5, 5.41) is 12.5. The molecule has 2 nitrogen and oxygen atoms in total. The number of rotatable bonds is 4. The molecule has 12 heavy (non-hydrogen) atoms. The highest BCUT2D eigenvalue weighted by molar-refractivity contribution is 4.71. The fourth-order valence-corrected chi connectivity index (χ4v) is 1.80. The molecular weight excluding hydrogens is 150 g/mol. The molecule has 1 aliphatic rings. The predicted octanol–water partition coefficient (Wildman–Crippen LogP) is 1.68. The van der Waals surface area contributed by atoms with E-state index in [1.54, 1.807) is 0 Å². The first kappa shape index (κ1) is 10.0. The van der Waals surface area contributed by atoms with Gasteiger partial charge in [-0.2, -0.15) is 0 Å². The van der Waals surface area contributed by atoms with Gasteiger partial charge in [-0.3, -0.25) is 0 Å². The van der Waals surface area contributed by atoms with Crippen molar-refractivity contribution in [3.8, 4) is 0 Å². The molecule has 2 heteroatoms. The fourth-order valence-electron chi connectivity index (χ4n) is 1.80. The van der Waals surface area contributed by atoms with Gasteiger partial charge in [-0.15, -0.1) is 0 Å². The first-order chi connectivity index (χ1) is 5.79. The average Bonchev–Trinajstić information content (AvgIpc) is 2.05. The van der Waals surface area contributed by atoms with Crippen molar-refractivity contribution in [2.45, 2.75) is 57.6 Å². The van der Waals surface area contributed by atoms with Crippen molar-refractivity contribution in [3.05, 3.63) is 0 Å². The van der Waals surface area contributed by atoms with Gasteiger partial charge in [0.25, 0.3) is 0 Å². The summed E-state index contributed by atoms with van der Waals surface area (Å²) in [6, 6.07) is 0.734. The number of hydrogen-bond donors (Lipinski definition) is 2. The van der Waals surface area contributed by atoms with Crippen molar-refractivity contribution >= 4 is 0 Å². The van der Waals surface area contributed by atoms with E-state index in [0.29, 0.717) is 0 Å². The van der Waals surface area contributed by atoms with E-state index in [0.717, 1.165) is 19.0 Å². The van der Waals surface area contributed by atoms with E-state index in [9.17, 15) is 0 Å². The predicted molar refractivity (Wildman–Crippen MR) is 51.2 cm³/mol. The van der Waals surface area contributed by atoms with Crippen molar-refractivity contribution in [2.24, 2.45) is 0 Å². The van der Waals surface area contributed by atoms with E-state index in [4.69, 9.17) is 5.11 Å². The maximum absolute atomic E-state index is 9.04. The fraction of sp³-hybridized carbons (Fsp3) is 1.00. The van der Waals surface area contributed by atoms with Crippen molar-refractivity contribution in [1.29, 1.82) is 0 Å². The van der Waals surface area contributed by atoms with Crippen molar-refractivity contribution < 1.29 is 5.11 Å². The standard InChI is InChI=1S/C10H21NO/c1-9(12)7-8-11-10-5-3-2-4-6-10/h9-12H,2-8H2,1H3. The molecule has 0 spiro atoms. The second-order valence-electron chi connectivity index (χ2n) is 3.93. The molecule has 0 aliphatic heterocycles. The van der Waals surface area contributed by atoms with Crippen LogP contribution in [0.4, 0.5) is 0 Å². The summed E-state index contributed by atoms with van der Waals surface area (Å²) in [7, 11) is 0. The van der Waals surface area contributed by atoms with E-state index in [-0.39, 0.29) is 6.10 Å². The topological polar surface area (TPSA) is 32.3 Å². The Labute approximate surface area is 75.4 Å². The molecule has 1 aliphatic carbocycles. The van der Waals surface area contributed by atoms with Gasteiger partial charge in [0.05, 0.1) is 6.10 Å².